The quantitative estimate of drug-likeness (QED) is 0.911. The van der Waals surface area contributed by atoms with Gasteiger partial charge in [-0.05, 0) is 50.1 Å². The first-order chi connectivity index (χ1) is 9.51. The van der Waals surface area contributed by atoms with Gasteiger partial charge in [-0.25, -0.2) is 0 Å². The van der Waals surface area contributed by atoms with Crippen LogP contribution in [-0.2, 0) is 6.42 Å². The minimum Gasteiger partial charge on any atom is -0.496 e. The molecule has 0 saturated carbocycles. The lowest BCUT2D eigenvalue weighted by atomic mass is 10.0. The Bertz CT molecular complexity index is 576. The lowest BCUT2D eigenvalue weighted by Crippen LogP contribution is -2.06. The van der Waals surface area contributed by atoms with E-state index in [0.717, 1.165) is 22.6 Å². The molecular weight excluding hydrogens is 252 g/mol. The third-order valence-corrected chi connectivity index (χ3v) is 3.40. The van der Waals surface area contributed by atoms with E-state index in [2.05, 4.69) is 18.9 Å². The molecule has 0 aliphatic rings. The lowest BCUT2D eigenvalue weighted by molar-refractivity contribution is 0.176. The van der Waals surface area contributed by atoms with Crippen molar-refractivity contribution in [3.63, 3.8) is 0 Å². The molecule has 0 bridgehead atoms. The van der Waals surface area contributed by atoms with Gasteiger partial charge >= 0.3 is 0 Å². The highest BCUT2D eigenvalue weighted by Crippen LogP contribution is 2.24. The number of rotatable bonds is 5. The van der Waals surface area contributed by atoms with E-state index in [-0.39, 0.29) is 0 Å². The minimum absolute atomic E-state index is 0.337. The van der Waals surface area contributed by atoms with Crippen molar-refractivity contribution in [3.05, 3.63) is 47.3 Å². The van der Waals surface area contributed by atoms with Crippen LogP contribution in [-0.4, -0.2) is 22.0 Å². The number of aromatic nitrogens is 2. The lowest BCUT2D eigenvalue weighted by Gasteiger charge is -2.12. The van der Waals surface area contributed by atoms with Gasteiger partial charge in [0.25, 0.3) is 0 Å². The zero-order valence-electron chi connectivity index (χ0n) is 12.5. The number of hydrogen-bond acceptors (Lipinski definition) is 3. The van der Waals surface area contributed by atoms with Crippen molar-refractivity contribution in [3.8, 4) is 5.75 Å². The second-order valence-electron chi connectivity index (χ2n) is 5.33. The highest BCUT2D eigenvalue weighted by molar-refractivity contribution is 5.37. The molecule has 1 heterocycles. The molecule has 108 valence electrons. The number of ether oxygens (including phenoxy) is 1. The standard InChI is InChI=1S/C16H22N2O2/c1-11(2)18-8-7-14(17-18)10-15(19)13-5-6-16(20-4)12(3)9-13/h5-9,11,15,19H,10H2,1-4H3. The molecule has 0 amide bonds. The third-order valence-electron chi connectivity index (χ3n) is 3.40. The Labute approximate surface area is 120 Å². The predicted molar refractivity (Wildman–Crippen MR) is 79.0 cm³/mol. The summed E-state index contributed by atoms with van der Waals surface area (Å²) in [7, 11) is 1.65. The normalized spacial score (nSPS) is 12.7. The van der Waals surface area contributed by atoms with Crippen LogP contribution in [0.4, 0.5) is 0 Å². The molecule has 0 fully saturated rings. The summed E-state index contributed by atoms with van der Waals surface area (Å²) in [6.07, 6.45) is 1.92. The Morgan fingerprint density at radius 3 is 2.60 bits per heavy atom. The number of benzene rings is 1. The summed E-state index contributed by atoms with van der Waals surface area (Å²) < 4.78 is 7.13. The van der Waals surface area contributed by atoms with Crippen LogP contribution >= 0.6 is 0 Å². The molecule has 0 aliphatic heterocycles. The first kappa shape index (κ1) is 14.6. The SMILES string of the molecule is COc1ccc(C(O)Cc2ccn(C(C)C)n2)cc1C. The summed E-state index contributed by atoms with van der Waals surface area (Å²) in [6.45, 7) is 6.14. The molecule has 0 aliphatic carbocycles. The van der Waals surface area contributed by atoms with E-state index in [1.165, 1.54) is 0 Å². The molecule has 4 heteroatoms. The van der Waals surface area contributed by atoms with Crippen molar-refractivity contribution < 1.29 is 9.84 Å². The largest absolute Gasteiger partial charge is 0.496 e. The van der Waals surface area contributed by atoms with Crippen molar-refractivity contribution in [1.29, 1.82) is 0 Å². The monoisotopic (exact) mass is 274 g/mol. The highest BCUT2D eigenvalue weighted by atomic mass is 16.5. The van der Waals surface area contributed by atoms with E-state index >= 15 is 0 Å². The number of aryl methyl sites for hydroxylation is 1. The maximum atomic E-state index is 10.3. The van der Waals surface area contributed by atoms with Crippen molar-refractivity contribution in [1.82, 2.24) is 9.78 Å². The Morgan fingerprint density at radius 2 is 2.05 bits per heavy atom. The van der Waals surface area contributed by atoms with Crippen molar-refractivity contribution in [2.75, 3.05) is 7.11 Å². The molecule has 0 radical (unpaired) electrons. The van der Waals surface area contributed by atoms with Gasteiger partial charge in [0.1, 0.15) is 5.75 Å². The molecule has 0 saturated heterocycles. The highest BCUT2D eigenvalue weighted by Gasteiger charge is 2.12. The molecule has 2 rings (SSSR count). The Morgan fingerprint density at radius 1 is 1.30 bits per heavy atom. The fourth-order valence-electron chi connectivity index (χ4n) is 2.20. The smallest absolute Gasteiger partial charge is 0.121 e. The first-order valence-electron chi connectivity index (χ1n) is 6.88. The molecule has 1 aromatic heterocycles. The predicted octanol–water partition coefficient (Wildman–Crippen LogP) is 3.06. The van der Waals surface area contributed by atoms with Gasteiger partial charge in [-0.2, -0.15) is 5.10 Å². The van der Waals surface area contributed by atoms with Gasteiger partial charge in [-0.1, -0.05) is 6.07 Å². The first-order valence-corrected chi connectivity index (χ1v) is 6.88. The fraction of sp³-hybridized carbons (Fsp3) is 0.438. The molecular formula is C16H22N2O2. The van der Waals surface area contributed by atoms with Crippen LogP contribution < -0.4 is 4.74 Å². The van der Waals surface area contributed by atoms with Crippen molar-refractivity contribution >= 4 is 0 Å². The van der Waals surface area contributed by atoms with E-state index in [4.69, 9.17) is 4.74 Å². The van der Waals surface area contributed by atoms with Gasteiger partial charge in [0.15, 0.2) is 0 Å². The van der Waals surface area contributed by atoms with Gasteiger partial charge < -0.3 is 9.84 Å². The minimum atomic E-state index is -0.546. The van der Waals surface area contributed by atoms with Gasteiger partial charge in [-0.3, -0.25) is 4.68 Å². The van der Waals surface area contributed by atoms with E-state index in [1.807, 2.05) is 42.1 Å². The van der Waals surface area contributed by atoms with Crippen molar-refractivity contribution in [2.45, 2.75) is 39.3 Å². The number of methoxy groups -OCH3 is 1. The van der Waals surface area contributed by atoms with Crippen LogP contribution in [0.5, 0.6) is 5.75 Å². The topological polar surface area (TPSA) is 47.3 Å². The zero-order valence-corrected chi connectivity index (χ0v) is 12.5. The van der Waals surface area contributed by atoms with E-state index in [0.29, 0.717) is 12.5 Å². The Kier molecular flexibility index (Phi) is 4.45. The maximum Gasteiger partial charge on any atom is 0.121 e. The molecule has 4 nitrogen and oxygen atoms in total. The van der Waals surface area contributed by atoms with Gasteiger partial charge in [0.05, 0.1) is 18.9 Å². The number of aliphatic hydroxyl groups is 1. The Hall–Kier alpha value is -1.81. The molecule has 2 aromatic rings. The molecule has 1 aromatic carbocycles. The van der Waals surface area contributed by atoms with Crippen LogP contribution in [0, 0.1) is 6.92 Å². The average molecular weight is 274 g/mol. The zero-order chi connectivity index (χ0) is 14.7. The summed E-state index contributed by atoms with van der Waals surface area (Å²) in [5.74, 6) is 0.838. The van der Waals surface area contributed by atoms with Gasteiger partial charge in [0, 0.05) is 18.7 Å². The average Bonchev–Trinajstić information content (AvgIpc) is 2.87. The van der Waals surface area contributed by atoms with E-state index in [1.54, 1.807) is 7.11 Å². The molecule has 0 spiro atoms. The van der Waals surface area contributed by atoms with E-state index < -0.39 is 6.10 Å². The molecule has 1 atom stereocenters. The van der Waals surface area contributed by atoms with Crippen LogP contribution in [0.2, 0.25) is 0 Å². The van der Waals surface area contributed by atoms with Crippen LogP contribution in [0.3, 0.4) is 0 Å². The van der Waals surface area contributed by atoms with E-state index in [9.17, 15) is 5.11 Å². The molecule has 1 unspecified atom stereocenters. The number of aliphatic hydroxyl groups excluding tert-OH is 1. The molecule has 1 N–H and O–H groups in total. The molecule has 20 heavy (non-hydrogen) atoms. The number of nitrogens with zero attached hydrogens (tertiary/aromatic N) is 2. The van der Waals surface area contributed by atoms with Crippen LogP contribution in [0.25, 0.3) is 0 Å². The van der Waals surface area contributed by atoms with Crippen molar-refractivity contribution in [2.24, 2.45) is 0 Å². The second kappa shape index (κ2) is 6.09. The number of hydrogen-bond donors (Lipinski definition) is 1. The van der Waals surface area contributed by atoms with Crippen LogP contribution in [0.1, 0.15) is 42.8 Å². The fourth-order valence-corrected chi connectivity index (χ4v) is 2.20. The van der Waals surface area contributed by atoms with Gasteiger partial charge in [-0.15, -0.1) is 0 Å². The summed E-state index contributed by atoms with van der Waals surface area (Å²) in [4.78, 5) is 0. The summed E-state index contributed by atoms with van der Waals surface area (Å²) >= 11 is 0. The summed E-state index contributed by atoms with van der Waals surface area (Å²) in [6, 6.07) is 8.04. The summed E-state index contributed by atoms with van der Waals surface area (Å²) in [5.41, 5.74) is 2.82. The maximum absolute atomic E-state index is 10.3. The van der Waals surface area contributed by atoms with Crippen LogP contribution in [0.15, 0.2) is 30.5 Å². The Balaban J connectivity index is 2.10. The van der Waals surface area contributed by atoms with Gasteiger partial charge in [0.2, 0.25) is 0 Å². The second-order valence-corrected chi connectivity index (χ2v) is 5.33. The summed E-state index contributed by atoms with van der Waals surface area (Å²) in [5, 5.41) is 14.8. The third kappa shape index (κ3) is 3.20.